The number of likely N-dealkylation sites (N-methyl/N-ethyl adjacent to an activating group) is 1. The molecule has 186 valence electrons. The molecular formula is C28H30N4O4. The molecule has 0 saturated carbocycles. The smallest absolute Gasteiger partial charge is 0.161 e. The second kappa shape index (κ2) is 9.83. The van der Waals surface area contributed by atoms with E-state index in [1.54, 1.807) is 21.3 Å². The van der Waals surface area contributed by atoms with E-state index in [1.165, 1.54) is 0 Å². The number of H-pyrrole nitrogens is 1. The minimum atomic E-state index is 0.611. The van der Waals surface area contributed by atoms with Gasteiger partial charge in [0, 0.05) is 34.1 Å². The number of hydrogen-bond donors (Lipinski definition) is 2. The lowest BCUT2D eigenvalue weighted by atomic mass is 10.1. The topological polar surface area (TPSA) is 80.3 Å². The van der Waals surface area contributed by atoms with Crippen molar-refractivity contribution in [1.29, 1.82) is 0 Å². The fourth-order valence-corrected chi connectivity index (χ4v) is 4.37. The zero-order chi connectivity index (χ0) is 25.2. The van der Waals surface area contributed by atoms with E-state index < -0.39 is 0 Å². The normalized spacial score (nSPS) is 13.1. The van der Waals surface area contributed by atoms with Crippen molar-refractivity contribution in [2.75, 3.05) is 54.0 Å². The summed E-state index contributed by atoms with van der Waals surface area (Å²) >= 11 is 0. The number of hydrazone groups is 1. The average Bonchev–Trinajstić information content (AvgIpc) is 3.40. The number of nitrogens with one attached hydrogen (secondary N) is 2. The molecule has 4 aromatic rings. The molecule has 0 fully saturated rings. The van der Waals surface area contributed by atoms with Crippen LogP contribution in [-0.4, -0.2) is 64.2 Å². The van der Waals surface area contributed by atoms with Crippen molar-refractivity contribution in [2.24, 2.45) is 5.10 Å². The van der Waals surface area contributed by atoms with Gasteiger partial charge in [0.05, 0.1) is 32.7 Å². The van der Waals surface area contributed by atoms with Crippen molar-refractivity contribution in [2.45, 2.75) is 0 Å². The summed E-state index contributed by atoms with van der Waals surface area (Å²) in [7, 11) is 8.99. The second-order valence-electron chi connectivity index (χ2n) is 8.79. The fraction of sp³-hybridized carbons (Fsp3) is 0.250. The molecule has 36 heavy (non-hydrogen) atoms. The Hall–Kier alpha value is -4.17. The molecule has 8 heteroatoms. The third-order valence-corrected chi connectivity index (χ3v) is 6.25. The summed E-state index contributed by atoms with van der Waals surface area (Å²) in [5, 5.41) is 5.90. The van der Waals surface area contributed by atoms with Crippen molar-refractivity contribution in [3.05, 3.63) is 65.7 Å². The lowest BCUT2D eigenvalue weighted by Gasteiger charge is -2.12. The maximum Gasteiger partial charge on any atom is 0.161 e. The molecule has 2 N–H and O–H groups in total. The number of aromatic nitrogens is 1. The molecule has 8 nitrogen and oxygen atoms in total. The van der Waals surface area contributed by atoms with Crippen LogP contribution in [0.2, 0.25) is 0 Å². The standard InChI is InChI=1S/C28H30N4O4/c1-32(2)12-13-36-19-10-11-23-22(14-19)26-27(29-23)20-15-24(34-4)25(35-5)16-21(20)28(26)31-30-17-6-8-18(33-3)9-7-17/h6-11,14-16,29-30H,12-13H2,1-5H3/b31-28-. The minimum absolute atomic E-state index is 0.611. The van der Waals surface area contributed by atoms with Gasteiger partial charge in [-0.15, -0.1) is 0 Å². The number of nitrogens with zero attached hydrogens (tertiary/aromatic N) is 2. The summed E-state index contributed by atoms with van der Waals surface area (Å²) < 4.78 is 22.5. The van der Waals surface area contributed by atoms with Crippen LogP contribution >= 0.6 is 0 Å². The predicted octanol–water partition coefficient (Wildman–Crippen LogP) is 4.98. The highest BCUT2D eigenvalue weighted by atomic mass is 16.5. The van der Waals surface area contributed by atoms with Crippen molar-refractivity contribution >= 4 is 22.3 Å². The van der Waals surface area contributed by atoms with Crippen LogP contribution < -0.4 is 24.4 Å². The average molecular weight is 487 g/mol. The van der Waals surface area contributed by atoms with Crippen LogP contribution in [0.15, 0.2) is 59.7 Å². The number of benzene rings is 3. The summed E-state index contributed by atoms with van der Waals surface area (Å²) in [5.41, 5.74) is 9.84. The number of fused-ring (bicyclic) bond motifs is 5. The molecule has 0 unspecified atom stereocenters. The Morgan fingerprint density at radius 2 is 1.53 bits per heavy atom. The molecule has 0 radical (unpaired) electrons. The van der Waals surface area contributed by atoms with Gasteiger partial charge < -0.3 is 28.8 Å². The molecule has 0 bridgehead atoms. The third kappa shape index (κ3) is 4.31. The van der Waals surface area contributed by atoms with Gasteiger partial charge >= 0.3 is 0 Å². The molecule has 0 aliphatic heterocycles. The first-order valence-corrected chi connectivity index (χ1v) is 11.7. The number of rotatable bonds is 9. The Labute approximate surface area is 210 Å². The van der Waals surface area contributed by atoms with E-state index in [0.29, 0.717) is 18.1 Å². The highest BCUT2D eigenvalue weighted by Crippen LogP contribution is 2.46. The second-order valence-corrected chi connectivity index (χ2v) is 8.79. The number of methoxy groups -OCH3 is 3. The Bertz CT molecular complexity index is 1420. The predicted molar refractivity (Wildman–Crippen MR) is 143 cm³/mol. The molecule has 1 heterocycles. The molecule has 1 aromatic heterocycles. The van der Waals surface area contributed by atoms with Gasteiger partial charge in [0.15, 0.2) is 11.5 Å². The number of aromatic amines is 1. The van der Waals surface area contributed by atoms with Crippen LogP contribution in [0.25, 0.3) is 22.2 Å². The molecule has 5 rings (SSSR count). The molecule has 0 amide bonds. The van der Waals surface area contributed by atoms with Crippen molar-refractivity contribution in [3.63, 3.8) is 0 Å². The van der Waals surface area contributed by atoms with E-state index in [9.17, 15) is 0 Å². The van der Waals surface area contributed by atoms with Crippen LogP contribution in [0, 0.1) is 0 Å². The first-order chi connectivity index (χ1) is 17.5. The summed E-state index contributed by atoms with van der Waals surface area (Å²) in [4.78, 5) is 5.68. The largest absolute Gasteiger partial charge is 0.497 e. The van der Waals surface area contributed by atoms with Gasteiger partial charge in [-0.25, -0.2) is 0 Å². The van der Waals surface area contributed by atoms with Crippen LogP contribution in [0.4, 0.5) is 5.69 Å². The van der Waals surface area contributed by atoms with Gasteiger partial charge in [0.2, 0.25) is 0 Å². The van der Waals surface area contributed by atoms with E-state index >= 15 is 0 Å². The van der Waals surface area contributed by atoms with Crippen molar-refractivity contribution in [3.8, 4) is 34.3 Å². The van der Waals surface area contributed by atoms with Gasteiger partial charge in [0.1, 0.15) is 23.8 Å². The maximum atomic E-state index is 6.03. The summed E-state index contributed by atoms with van der Waals surface area (Å²) in [5.74, 6) is 2.92. The van der Waals surface area contributed by atoms with Crippen LogP contribution in [-0.2, 0) is 0 Å². The van der Waals surface area contributed by atoms with Gasteiger partial charge in [0.25, 0.3) is 0 Å². The zero-order valence-electron chi connectivity index (χ0n) is 21.1. The van der Waals surface area contributed by atoms with Gasteiger partial charge in [-0.05, 0) is 68.7 Å². The first-order valence-electron chi connectivity index (χ1n) is 11.7. The molecule has 0 saturated heterocycles. The highest BCUT2D eigenvalue weighted by molar-refractivity contribution is 6.30. The minimum Gasteiger partial charge on any atom is -0.497 e. The molecule has 0 atom stereocenters. The fourth-order valence-electron chi connectivity index (χ4n) is 4.37. The van der Waals surface area contributed by atoms with Crippen molar-refractivity contribution < 1.29 is 18.9 Å². The quantitative estimate of drug-likeness (QED) is 0.286. The Morgan fingerprint density at radius 1 is 0.833 bits per heavy atom. The van der Waals surface area contributed by atoms with Gasteiger partial charge in [-0.2, -0.15) is 5.10 Å². The van der Waals surface area contributed by atoms with E-state index in [0.717, 1.165) is 62.7 Å². The molecule has 3 aromatic carbocycles. The summed E-state index contributed by atoms with van der Waals surface area (Å²) in [6, 6.07) is 17.7. The summed E-state index contributed by atoms with van der Waals surface area (Å²) in [6.45, 7) is 1.45. The summed E-state index contributed by atoms with van der Waals surface area (Å²) in [6.07, 6.45) is 0. The van der Waals surface area contributed by atoms with Gasteiger partial charge in [-0.3, -0.25) is 5.43 Å². The van der Waals surface area contributed by atoms with Crippen molar-refractivity contribution in [1.82, 2.24) is 9.88 Å². The molecular weight excluding hydrogens is 456 g/mol. The number of ether oxygens (including phenoxy) is 4. The zero-order valence-corrected chi connectivity index (χ0v) is 21.1. The van der Waals surface area contributed by atoms with Crippen LogP contribution in [0.5, 0.6) is 23.0 Å². The number of anilines is 1. The van der Waals surface area contributed by atoms with Crippen LogP contribution in [0.3, 0.4) is 0 Å². The van der Waals surface area contributed by atoms with E-state index in [-0.39, 0.29) is 0 Å². The van der Waals surface area contributed by atoms with E-state index in [4.69, 9.17) is 24.0 Å². The Balaban J connectivity index is 1.61. The maximum absolute atomic E-state index is 6.03. The molecule has 1 aliphatic rings. The Kier molecular flexibility index (Phi) is 6.43. The first kappa shape index (κ1) is 23.6. The van der Waals surface area contributed by atoms with Gasteiger partial charge in [-0.1, -0.05) is 0 Å². The van der Waals surface area contributed by atoms with E-state index in [2.05, 4.69) is 21.4 Å². The molecule has 0 spiro atoms. The highest BCUT2D eigenvalue weighted by Gasteiger charge is 2.31. The SMILES string of the molecule is COc1ccc(N/N=C2/c3cc(OC)c(OC)cc3-c3[nH]c4ccc(OCCN(C)C)cc4c32)cc1. The molecule has 1 aliphatic carbocycles. The lowest BCUT2D eigenvalue weighted by molar-refractivity contribution is 0.261. The van der Waals surface area contributed by atoms with E-state index in [1.807, 2.05) is 62.6 Å². The van der Waals surface area contributed by atoms with Crippen LogP contribution in [0.1, 0.15) is 11.1 Å². The Morgan fingerprint density at radius 3 is 2.19 bits per heavy atom. The number of hydrogen-bond acceptors (Lipinski definition) is 7. The monoisotopic (exact) mass is 486 g/mol. The lowest BCUT2D eigenvalue weighted by Crippen LogP contribution is -2.19. The third-order valence-electron chi connectivity index (χ3n) is 6.25.